The molecule has 27 heavy (non-hydrogen) atoms. The highest BCUT2D eigenvalue weighted by molar-refractivity contribution is 9.10. The number of tetrazole rings is 1. The molecule has 0 fully saturated rings. The summed E-state index contributed by atoms with van der Waals surface area (Å²) < 4.78 is 8.80. The maximum absolute atomic E-state index is 6.02. The van der Waals surface area contributed by atoms with E-state index in [9.17, 15) is 0 Å². The van der Waals surface area contributed by atoms with Gasteiger partial charge in [-0.3, -0.25) is 0 Å². The fourth-order valence-electron chi connectivity index (χ4n) is 2.53. The highest BCUT2D eigenvalue weighted by atomic mass is 79.9. The first-order valence-electron chi connectivity index (χ1n) is 8.81. The summed E-state index contributed by atoms with van der Waals surface area (Å²) in [6, 6.07) is 13.6. The second-order valence-electron chi connectivity index (χ2n) is 6.10. The van der Waals surface area contributed by atoms with Gasteiger partial charge in [0.25, 0.3) is 0 Å². The van der Waals surface area contributed by atoms with Gasteiger partial charge in [0.05, 0.1) is 0 Å². The second-order valence-corrected chi connectivity index (χ2v) is 7.45. The van der Waals surface area contributed by atoms with Gasteiger partial charge in [-0.2, -0.15) is 0 Å². The maximum atomic E-state index is 6.02. The van der Waals surface area contributed by atoms with Crippen molar-refractivity contribution in [1.82, 2.24) is 20.2 Å². The number of halogens is 2. The molecule has 1 aromatic heterocycles. The average molecular weight is 451 g/mol. The zero-order valence-electron chi connectivity index (χ0n) is 15.0. The molecule has 0 unspecified atom stereocenters. The van der Waals surface area contributed by atoms with Crippen molar-refractivity contribution in [3.05, 3.63) is 63.1 Å². The first kappa shape index (κ1) is 19.6. The van der Waals surface area contributed by atoms with Crippen LogP contribution in [0.3, 0.4) is 0 Å². The minimum atomic E-state index is 0.472. The molecular formula is C19H21BrClN5O. The van der Waals surface area contributed by atoms with E-state index in [1.165, 1.54) is 0 Å². The highest BCUT2D eigenvalue weighted by Gasteiger charge is 2.09. The molecule has 0 aliphatic carbocycles. The molecule has 1 heterocycles. The standard InChI is InChI=1S/C19H21BrClN5O/c1-2-3-10-26-19(23-24-25-26)22-12-15-11-16(20)6-9-18(15)27-13-14-4-7-17(21)8-5-14/h4-9,11H,2-3,10,12-13H2,1H3,(H,22,23,25). The number of nitrogens with zero attached hydrogens (tertiary/aromatic N) is 4. The molecule has 0 radical (unpaired) electrons. The molecule has 0 aliphatic rings. The number of hydrogen-bond acceptors (Lipinski definition) is 5. The lowest BCUT2D eigenvalue weighted by atomic mass is 10.2. The van der Waals surface area contributed by atoms with Crippen molar-refractivity contribution in [2.24, 2.45) is 0 Å². The summed E-state index contributed by atoms with van der Waals surface area (Å²) in [4.78, 5) is 0. The van der Waals surface area contributed by atoms with E-state index < -0.39 is 0 Å². The zero-order chi connectivity index (χ0) is 19.1. The van der Waals surface area contributed by atoms with Crippen LogP contribution in [0.5, 0.6) is 5.75 Å². The fourth-order valence-corrected chi connectivity index (χ4v) is 3.07. The third kappa shape index (κ3) is 5.68. The Hall–Kier alpha value is -2.12. The van der Waals surface area contributed by atoms with Crippen molar-refractivity contribution in [2.45, 2.75) is 39.5 Å². The number of hydrogen-bond donors (Lipinski definition) is 1. The number of aromatic nitrogens is 4. The van der Waals surface area contributed by atoms with Crippen LogP contribution in [0.25, 0.3) is 0 Å². The lowest BCUT2D eigenvalue weighted by Crippen LogP contribution is -2.10. The summed E-state index contributed by atoms with van der Waals surface area (Å²) in [6.45, 7) is 3.97. The van der Waals surface area contributed by atoms with E-state index in [0.717, 1.165) is 40.7 Å². The van der Waals surface area contributed by atoms with Crippen molar-refractivity contribution in [3.63, 3.8) is 0 Å². The van der Waals surface area contributed by atoms with Gasteiger partial charge in [0.2, 0.25) is 5.95 Å². The number of nitrogens with one attached hydrogen (secondary N) is 1. The largest absolute Gasteiger partial charge is 0.489 e. The van der Waals surface area contributed by atoms with Crippen molar-refractivity contribution in [2.75, 3.05) is 5.32 Å². The van der Waals surface area contributed by atoms with E-state index in [-0.39, 0.29) is 0 Å². The van der Waals surface area contributed by atoms with Crippen molar-refractivity contribution < 1.29 is 4.74 Å². The van der Waals surface area contributed by atoms with Crippen LogP contribution in [0.4, 0.5) is 5.95 Å². The van der Waals surface area contributed by atoms with Crippen LogP contribution in [-0.4, -0.2) is 20.2 Å². The minimum absolute atomic E-state index is 0.472. The lowest BCUT2D eigenvalue weighted by molar-refractivity contribution is 0.303. The van der Waals surface area contributed by atoms with Gasteiger partial charge in [0.1, 0.15) is 12.4 Å². The summed E-state index contributed by atoms with van der Waals surface area (Å²) in [7, 11) is 0. The average Bonchev–Trinajstić information content (AvgIpc) is 3.12. The third-order valence-corrected chi connectivity index (χ3v) is 4.77. The van der Waals surface area contributed by atoms with Gasteiger partial charge in [-0.25, -0.2) is 4.68 Å². The summed E-state index contributed by atoms with van der Waals surface area (Å²) in [5.74, 6) is 1.47. The Labute approximate surface area is 172 Å². The maximum Gasteiger partial charge on any atom is 0.243 e. The van der Waals surface area contributed by atoms with Crippen molar-refractivity contribution in [3.8, 4) is 5.75 Å². The van der Waals surface area contributed by atoms with Gasteiger partial charge in [-0.1, -0.05) is 58.1 Å². The number of rotatable bonds is 9. The van der Waals surface area contributed by atoms with E-state index in [1.54, 1.807) is 4.68 Å². The number of aryl methyl sites for hydroxylation is 1. The molecule has 1 N–H and O–H groups in total. The Kier molecular flexibility index (Phi) is 7.06. The van der Waals surface area contributed by atoms with Gasteiger partial charge in [-0.15, -0.1) is 0 Å². The molecule has 6 nitrogen and oxygen atoms in total. The van der Waals surface area contributed by atoms with Gasteiger partial charge < -0.3 is 10.1 Å². The Morgan fingerprint density at radius 2 is 2.00 bits per heavy atom. The minimum Gasteiger partial charge on any atom is -0.489 e. The first-order chi connectivity index (χ1) is 13.2. The van der Waals surface area contributed by atoms with E-state index in [0.29, 0.717) is 24.1 Å². The first-order valence-corrected chi connectivity index (χ1v) is 9.98. The quantitative estimate of drug-likeness (QED) is 0.492. The predicted octanol–water partition coefficient (Wildman–Crippen LogP) is 5.08. The van der Waals surface area contributed by atoms with Gasteiger partial charge in [0.15, 0.2) is 0 Å². The molecule has 2 aromatic carbocycles. The van der Waals surface area contributed by atoms with Crippen LogP contribution >= 0.6 is 27.5 Å². The predicted molar refractivity (Wildman–Crippen MR) is 110 cm³/mol. The molecule has 0 amide bonds. The lowest BCUT2D eigenvalue weighted by Gasteiger charge is -2.13. The Morgan fingerprint density at radius 3 is 2.78 bits per heavy atom. The van der Waals surface area contributed by atoms with Gasteiger partial charge in [-0.05, 0) is 52.7 Å². The summed E-state index contributed by atoms with van der Waals surface area (Å²) in [5.41, 5.74) is 2.08. The van der Waals surface area contributed by atoms with E-state index in [2.05, 4.69) is 43.7 Å². The van der Waals surface area contributed by atoms with Crippen molar-refractivity contribution >= 4 is 33.5 Å². The van der Waals surface area contributed by atoms with Crippen LogP contribution in [-0.2, 0) is 19.7 Å². The number of anilines is 1. The van der Waals surface area contributed by atoms with E-state index in [1.807, 2.05) is 42.5 Å². The van der Waals surface area contributed by atoms with E-state index in [4.69, 9.17) is 16.3 Å². The molecule has 0 saturated carbocycles. The SMILES string of the molecule is CCCCn1nnnc1NCc1cc(Br)ccc1OCc1ccc(Cl)cc1. The molecule has 0 bridgehead atoms. The van der Waals surface area contributed by atoms with Gasteiger partial charge in [0, 0.05) is 28.1 Å². The normalized spacial score (nSPS) is 10.8. The van der Waals surface area contributed by atoms with Gasteiger partial charge >= 0.3 is 0 Å². The van der Waals surface area contributed by atoms with E-state index >= 15 is 0 Å². The Balaban J connectivity index is 1.67. The van der Waals surface area contributed by atoms with Crippen LogP contribution < -0.4 is 10.1 Å². The Morgan fingerprint density at radius 1 is 1.19 bits per heavy atom. The highest BCUT2D eigenvalue weighted by Crippen LogP contribution is 2.25. The molecule has 3 aromatic rings. The molecule has 0 atom stereocenters. The smallest absolute Gasteiger partial charge is 0.243 e. The molecule has 3 rings (SSSR count). The van der Waals surface area contributed by atoms with Crippen LogP contribution in [0, 0.1) is 0 Å². The van der Waals surface area contributed by atoms with Crippen LogP contribution in [0.15, 0.2) is 46.9 Å². The molecule has 0 saturated heterocycles. The summed E-state index contributed by atoms with van der Waals surface area (Å²) in [6.07, 6.45) is 2.12. The molecule has 142 valence electrons. The number of unbranched alkanes of at least 4 members (excludes halogenated alkanes) is 1. The fraction of sp³-hybridized carbons (Fsp3) is 0.316. The second kappa shape index (κ2) is 9.71. The number of ether oxygens (including phenoxy) is 1. The number of benzene rings is 2. The monoisotopic (exact) mass is 449 g/mol. The van der Waals surface area contributed by atoms with Crippen LogP contribution in [0.2, 0.25) is 5.02 Å². The molecule has 0 aliphatic heterocycles. The summed E-state index contributed by atoms with van der Waals surface area (Å²) in [5, 5.41) is 15.9. The molecule has 8 heteroatoms. The molecule has 0 spiro atoms. The van der Waals surface area contributed by atoms with Crippen molar-refractivity contribution in [1.29, 1.82) is 0 Å². The molecular weight excluding hydrogens is 430 g/mol. The summed E-state index contributed by atoms with van der Waals surface area (Å²) >= 11 is 9.46. The zero-order valence-corrected chi connectivity index (χ0v) is 17.4. The third-order valence-electron chi connectivity index (χ3n) is 4.02. The topological polar surface area (TPSA) is 64.9 Å². The Bertz CT molecular complexity index is 869. The van der Waals surface area contributed by atoms with Crippen LogP contribution in [0.1, 0.15) is 30.9 Å².